The second-order valence-electron chi connectivity index (χ2n) is 6.68. The summed E-state index contributed by atoms with van der Waals surface area (Å²) in [7, 11) is 0. The van der Waals surface area contributed by atoms with Crippen molar-refractivity contribution < 1.29 is 9.53 Å². The van der Waals surface area contributed by atoms with Gasteiger partial charge in [0.05, 0.1) is 0 Å². The number of fused-ring (bicyclic) bond motifs is 1. The van der Waals surface area contributed by atoms with Crippen LogP contribution in [-0.2, 0) is 22.4 Å². The van der Waals surface area contributed by atoms with Crippen LogP contribution in [0.2, 0.25) is 0 Å². The fraction of sp³-hybridized carbons (Fsp3) is 0.409. The van der Waals surface area contributed by atoms with Gasteiger partial charge in [0.1, 0.15) is 12.4 Å². The maximum atomic E-state index is 11.0. The number of benzene rings is 2. The van der Waals surface area contributed by atoms with Crippen molar-refractivity contribution in [3.63, 3.8) is 0 Å². The first kappa shape index (κ1) is 18.5. The van der Waals surface area contributed by atoms with Crippen molar-refractivity contribution in [1.29, 1.82) is 0 Å². The highest BCUT2D eigenvalue weighted by Gasteiger charge is 2.17. The second kappa shape index (κ2) is 9.39. The molecule has 1 aliphatic heterocycles. The molecule has 0 amide bonds. The smallest absolute Gasteiger partial charge is 0.149 e. The number of hydrogen-bond acceptors (Lipinski definition) is 4. The van der Waals surface area contributed by atoms with Gasteiger partial charge in [-0.25, -0.2) is 0 Å². The van der Waals surface area contributed by atoms with Gasteiger partial charge >= 0.3 is 0 Å². The summed E-state index contributed by atoms with van der Waals surface area (Å²) >= 11 is 0. The lowest BCUT2D eigenvalue weighted by Gasteiger charge is -2.19. The Labute approximate surface area is 156 Å². The molecule has 138 valence electrons. The first-order valence-electron chi connectivity index (χ1n) is 9.52. The van der Waals surface area contributed by atoms with Crippen molar-refractivity contribution in [2.75, 3.05) is 36.5 Å². The Morgan fingerprint density at radius 3 is 2.77 bits per heavy atom. The Morgan fingerprint density at radius 1 is 1.19 bits per heavy atom. The van der Waals surface area contributed by atoms with Crippen molar-refractivity contribution >= 4 is 17.7 Å². The van der Waals surface area contributed by atoms with E-state index in [0.717, 1.165) is 50.0 Å². The van der Waals surface area contributed by atoms with Crippen molar-refractivity contribution in [2.45, 2.75) is 32.3 Å². The standard InChI is InChI=1S/C22H28N2O2/c1-2-26-21(17-25)16-18-8-10-20(11-9-18)23-13-5-14-24-15-12-19-6-3-4-7-22(19)24/h3-4,6-11,17,21,23H,2,5,12-16H2,1H3. The fourth-order valence-electron chi connectivity index (χ4n) is 3.49. The number of nitrogens with one attached hydrogen (secondary N) is 1. The number of carbonyl (C=O) groups excluding carboxylic acids is 1. The zero-order valence-electron chi connectivity index (χ0n) is 15.5. The molecule has 0 radical (unpaired) electrons. The number of aldehydes is 1. The van der Waals surface area contributed by atoms with Gasteiger partial charge in [-0.2, -0.15) is 0 Å². The van der Waals surface area contributed by atoms with Crippen LogP contribution in [0.3, 0.4) is 0 Å². The second-order valence-corrected chi connectivity index (χ2v) is 6.68. The van der Waals surface area contributed by atoms with E-state index in [1.807, 2.05) is 6.92 Å². The summed E-state index contributed by atoms with van der Waals surface area (Å²) in [4.78, 5) is 13.5. The van der Waals surface area contributed by atoms with Gasteiger partial charge < -0.3 is 19.7 Å². The van der Waals surface area contributed by atoms with Crippen LogP contribution in [0.25, 0.3) is 0 Å². The summed E-state index contributed by atoms with van der Waals surface area (Å²) in [6.45, 7) is 5.63. The average Bonchev–Trinajstić information content (AvgIpc) is 3.09. The van der Waals surface area contributed by atoms with Crippen LogP contribution >= 0.6 is 0 Å². The number of carbonyl (C=O) groups is 1. The molecular formula is C22H28N2O2. The highest BCUT2D eigenvalue weighted by molar-refractivity contribution is 5.58. The van der Waals surface area contributed by atoms with Crippen LogP contribution < -0.4 is 10.2 Å². The molecule has 1 unspecified atom stereocenters. The van der Waals surface area contributed by atoms with Crippen molar-refractivity contribution in [1.82, 2.24) is 0 Å². The Kier molecular flexibility index (Phi) is 6.67. The third-order valence-electron chi connectivity index (χ3n) is 4.84. The summed E-state index contributed by atoms with van der Waals surface area (Å²) in [6, 6.07) is 17.0. The zero-order valence-corrected chi connectivity index (χ0v) is 15.5. The Balaban J connectivity index is 1.41. The number of anilines is 2. The van der Waals surface area contributed by atoms with Gasteiger partial charge in [0.15, 0.2) is 0 Å². The molecule has 3 rings (SSSR count). The van der Waals surface area contributed by atoms with Gasteiger partial charge in [-0.05, 0) is 49.1 Å². The van der Waals surface area contributed by atoms with E-state index in [-0.39, 0.29) is 6.10 Å². The number of rotatable bonds is 10. The van der Waals surface area contributed by atoms with Crippen LogP contribution in [0.4, 0.5) is 11.4 Å². The molecule has 2 aromatic rings. The molecule has 4 nitrogen and oxygen atoms in total. The molecule has 1 atom stereocenters. The highest BCUT2D eigenvalue weighted by atomic mass is 16.5. The molecule has 0 spiro atoms. The van der Waals surface area contributed by atoms with E-state index < -0.39 is 0 Å². The monoisotopic (exact) mass is 352 g/mol. The van der Waals surface area contributed by atoms with Gasteiger partial charge in [-0.3, -0.25) is 0 Å². The molecule has 4 heteroatoms. The average molecular weight is 352 g/mol. The molecule has 0 saturated carbocycles. The third-order valence-corrected chi connectivity index (χ3v) is 4.84. The van der Waals surface area contributed by atoms with Gasteiger partial charge in [0.25, 0.3) is 0 Å². The Morgan fingerprint density at radius 2 is 2.00 bits per heavy atom. The van der Waals surface area contributed by atoms with E-state index in [0.29, 0.717) is 13.0 Å². The molecule has 0 saturated heterocycles. The zero-order chi connectivity index (χ0) is 18.2. The summed E-state index contributed by atoms with van der Waals surface area (Å²) in [6.07, 6.45) is 3.43. The third kappa shape index (κ3) is 4.85. The molecule has 0 bridgehead atoms. The Bertz CT molecular complexity index is 700. The van der Waals surface area contributed by atoms with Crippen LogP contribution in [-0.4, -0.2) is 38.6 Å². The van der Waals surface area contributed by atoms with E-state index in [2.05, 4.69) is 58.7 Å². The van der Waals surface area contributed by atoms with Crippen molar-refractivity contribution in [3.8, 4) is 0 Å². The number of ether oxygens (including phenoxy) is 1. The van der Waals surface area contributed by atoms with Gasteiger partial charge in [-0.15, -0.1) is 0 Å². The van der Waals surface area contributed by atoms with Gasteiger partial charge in [-0.1, -0.05) is 30.3 Å². The summed E-state index contributed by atoms with van der Waals surface area (Å²) < 4.78 is 5.39. The van der Waals surface area contributed by atoms with E-state index in [4.69, 9.17) is 4.74 Å². The molecule has 0 aromatic heterocycles. The summed E-state index contributed by atoms with van der Waals surface area (Å²) in [5, 5.41) is 3.48. The van der Waals surface area contributed by atoms with Crippen LogP contribution in [0.5, 0.6) is 0 Å². The lowest BCUT2D eigenvalue weighted by molar-refractivity contribution is -0.117. The van der Waals surface area contributed by atoms with Crippen molar-refractivity contribution in [3.05, 3.63) is 59.7 Å². The predicted molar refractivity (Wildman–Crippen MR) is 107 cm³/mol. The molecule has 2 aromatic carbocycles. The maximum Gasteiger partial charge on any atom is 0.149 e. The Hall–Kier alpha value is -2.33. The topological polar surface area (TPSA) is 41.6 Å². The van der Waals surface area contributed by atoms with E-state index in [1.165, 1.54) is 11.3 Å². The first-order chi connectivity index (χ1) is 12.8. The molecule has 1 aliphatic rings. The predicted octanol–water partition coefficient (Wildman–Crippen LogP) is 3.70. The minimum Gasteiger partial charge on any atom is -0.385 e. The first-order valence-corrected chi connectivity index (χ1v) is 9.52. The SMILES string of the molecule is CCOC(C=O)Cc1ccc(NCCCN2CCc3ccccc32)cc1. The van der Waals surface area contributed by atoms with Crippen LogP contribution in [0.15, 0.2) is 48.5 Å². The molecular weight excluding hydrogens is 324 g/mol. The molecule has 0 fully saturated rings. The molecule has 26 heavy (non-hydrogen) atoms. The number of nitrogens with zero attached hydrogens (tertiary/aromatic N) is 1. The minimum absolute atomic E-state index is 0.345. The highest BCUT2D eigenvalue weighted by Crippen LogP contribution is 2.27. The van der Waals surface area contributed by atoms with E-state index in [1.54, 1.807) is 0 Å². The lowest BCUT2D eigenvalue weighted by Crippen LogP contribution is -2.23. The lowest BCUT2D eigenvalue weighted by atomic mass is 10.1. The van der Waals surface area contributed by atoms with Crippen LogP contribution in [0, 0.1) is 0 Å². The number of hydrogen-bond donors (Lipinski definition) is 1. The van der Waals surface area contributed by atoms with E-state index in [9.17, 15) is 4.79 Å². The minimum atomic E-state index is -0.345. The van der Waals surface area contributed by atoms with Crippen LogP contribution in [0.1, 0.15) is 24.5 Å². The van der Waals surface area contributed by atoms with Gasteiger partial charge in [0, 0.05) is 44.0 Å². The normalized spacial score (nSPS) is 14.1. The quantitative estimate of drug-likeness (QED) is 0.523. The van der Waals surface area contributed by atoms with E-state index >= 15 is 0 Å². The summed E-state index contributed by atoms with van der Waals surface area (Å²) in [5.41, 5.74) is 5.11. The molecule has 1 heterocycles. The van der Waals surface area contributed by atoms with Crippen molar-refractivity contribution in [2.24, 2.45) is 0 Å². The molecule has 1 N–H and O–H groups in total. The number of para-hydroxylation sites is 1. The summed E-state index contributed by atoms with van der Waals surface area (Å²) in [5.74, 6) is 0. The fourth-order valence-corrected chi connectivity index (χ4v) is 3.49. The van der Waals surface area contributed by atoms with Gasteiger partial charge in [0.2, 0.25) is 0 Å². The largest absolute Gasteiger partial charge is 0.385 e. The molecule has 0 aliphatic carbocycles. The maximum absolute atomic E-state index is 11.0.